The Balaban J connectivity index is 1.23. The van der Waals surface area contributed by atoms with E-state index in [1.807, 2.05) is 41.2 Å². The third-order valence-electron chi connectivity index (χ3n) is 5.28. The van der Waals surface area contributed by atoms with Crippen LogP contribution in [0.5, 0.6) is 5.75 Å². The molecule has 28 heavy (non-hydrogen) atoms. The molecular formula is C22H26N4O2. The Bertz CT molecular complexity index is 837. The quantitative estimate of drug-likeness (QED) is 0.631. The second-order valence-corrected chi connectivity index (χ2v) is 7.41. The molecule has 4 rings (SSSR count). The van der Waals surface area contributed by atoms with E-state index in [4.69, 9.17) is 4.74 Å². The van der Waals surface area contributed by atoms with Crippen molar-refractivity contribution in [2.75, 3.05) is 0 Å². The summed E-state index contributed by atoms with van der Waals surface area (Å²) in [5, 5.41) is 18.1. The van der Waals surface area contributed by atoms with Gasteiger partial charge in [0.1, 0.15) is 12.4 Å². The first kappa shape index (κ1) is 18.7. The highest BCUT2D eigenvalue weighted by Crippen LogP contribution is 2.27. The minimum Gasteiger partial charge on any atom is -0.489 e. The summed E-state index contributed by atoms with van der Waals surface area (Å²) in [6.07, 6.45) is 8.79. The Kier molecular flexibility index (Phi) is 5.99. The molecule has 6 nitrogen and oxygen atoms in total. The predicted molar refractivity (Wildman–Crippen MR) is 107 cm³/mol. The van der Waals surface area contributed by atoms with Crippen LogP contribution in [0.3, 0.4) is 0 Å². The van der Waals surface area contributed by atoms with Crippen LogP contribution in [0.25, 0.3) is 0 Å². The molecule has 1 unspecified atom stereocenters. The topological polar surface area (TPSA) is 72.2 Å². The maximum atomic E-state index is 10.4. The van der Waals surface area contributed by atoms with E-state index in [-0.39, 0.29) is 12.1 Å². The number of ether oxygens (including phenoxy) is 1. The normalized spacial score (nSPS) is 21.7. The average Bonchev–Trinajstić information content (AvgIpc) is 3.36. The monoisotopic (exact) mass is 378 g/mol. The van der Waals surface area contributed by atoms with Crippen molar-refractivity contribution in [2.24, 2.45) is 5.92 Å². The lowest BCUT2D eigenvalue weighted by atomic mass is 10.1. The predicted octanol–water partition coefficient (Wildman–Crippen LogP) is 2.79. The molecule has 146 valence electrons. The van der Waals surface area contributed by atoms with Crippen LogP contribution in [0, 0.1) is 5.92 Å². The fourth-order valence-electron chi connectivity index (χ4n) is 3.76. The Morgan fingerprint density at radius 1 is 1.04 bits per heavy atom. The average molecular weight is 378 g/mol. The van der Waals surface area contributed by atoms with Crippen molar-refractivity contribution in [1.29, 1.82) is 0 Å². The number of pyridine rings is 1. The molecule has 1 aliphatic carbocycles. The van der Waals surface area contributed by atoms with Crippen molar-refractivity contribution in [3.05, 3.63) is 78.4 Å². The van der Waals surface area contributed by atoms with E-state index >= 15 is 0 Å². The zero-order valence-corrected chi connectivity index (χ0v) is 15.8. The summed E-state index contributed by atoms with van der Waals surface area (Å²) in [5.41, 5.74) is 2.28. The van der Waals surface area contributed by atoms with Gasteiger partial charge in [-0.25, -0.2) is 0 Å². The molecule has 0 amide bonds. The molecule has 0 spiro atoms. The van der Waals surface area contributed by atoms with E-state index < -0.39 is 0 Å². The molecule has 1 fully saturated rings. The first-order valence-electron chi connectivity index (χ1n) is 9.76. The van der Waals surface area contributed by atoms with Gasteiger partial charge in [0.15, 0.2) is 0 Å². The van der Waals surface area contributed by atoms with E-state index in [0.717, 1.165) is 37.2 Å². The van der Waals surface area contributed by atoms with Crippen molar-refractivity contribution < 1.29 is 9.84 Å². The second kappa shape index (κ2) is 8.99. The van der Waals surface area contributed by atoms with E-state index in [9.17, 15) is 5.11 Å². The minimum absolute atomic E-state index is 0.128. The Labute approximate surface area is 165 Å². The number of rotatable bonds is 8. The van der Waals surface area contributed by atoms with Gasteiger partial charge in [-0.15, -0.1) is 0 Å². The van der Waals surface area contributed by atoms with Gasteiger partial charge in [0.25, 0.3) is 0 Å². The number of hydrogen-bond acceptors (Lipinski definition) is 5. The number of aromatic nitrogens is 3. The van der Waals surface area contributed by atoms with E-state index in [1.54, 1.807) is 18.6 Å². The standard InChI is InChI=1S/C22H26N4O2/c27-22-13-19(15-26-11-1-8-25-26)12-21(22)24-14-17-2-4-20(5-3-17)28-16-18-6-9-23-10-7-18/h1-11,19,21-22,24,27H,12-16H2/t19?,21-,22-/m1/s1. The maximum absolute atomic E-state index is 10.4. The molecule has 0 radical (unpaired) electrons. The highest BCUT2D eigenvalue weighted by Gasteiger charge is 2.32. The van der Waals surface area contributed by atoms with Gasteiger partial charge in [0.2, 0.25) is 0 Å². The van der Waals surface area contributed by atoms with Gasteiger partial charge < -0.3 is 15.2 Å². The van der Waals surface area contributed by atoms with Crippen molar-refractivity contribution in [1.82, 2.24) is 20.1 Å². The Morgan fingerprint density at radius 2 is 1.86 bits per heavy atom. The molecule has 0 aliphatic heterocycles. The number of nitrogens with zero attached hydrogens (tertiary/aromatic N) is 3. The van der Waals surface area contributed by atoms with Crippen molar-refractivity contribution >= 4 is 0 Å². The van der Waals surface area contributed by atoms with Crippen LogP contribution in [0.2, 0.25) is 0 Å². The fourth-order valence-corrected chi connectivity index (χ4v) is 3.76. The lowest BCUT2D eigenvalue weighted by molar-refractivity contribution is 0.145. The first-order valence-corrected chi connectivity index (χ1v) is 9.76. The summed E-state index contributed by atoms with van der Waals surface area (Å²) < 4.78 is 7.76. The Morgan fingerprint density at radius 3 is 2.61 bits per heavy atom. The van der Waals surface area contributed by atoms with Crippen molar-refractivity contribution in [2.45, 2.75) is 44.7 Å². The molecule has 6 heteroatoms. The Hall–Kier alpha value is -2.70. The maximum Gasteiger partial charge on any atom is 0.119 e. The van der Waals surface area contributed by atoms with E-state index in [0.29, 0.717) is 12.5 Å². The molecule has 3 aromatic rings. The van der Waals surface area contributed by atoms with Gasteiger partial charge in [-0.1, -0.05) is 12.1 Å². The molecule has 0 saturated heterocycles. The molecule has 1 aliphatic rings. The third-order valence-corrected chi connectivity index (χ3v) is 5.28. The zero-order chi connectivity index (χ0) is 19.2. The zero-order valence-electron chi connectivity index (χ0n) is 15.8. The summed E-state index contributed by atoms with van der Waals surface area (Å²) in [6.45, 7) is 2.14. The van der Waals surface area contributed by atoms with Gasteiger partial charge in [0, 0.05) is 43.9 Å². The number of hydrogen-bond donors (Lipinski definition) is 2. The highest BCUT2D eigenvalue weighted by atomic mass is 16.5. The minimum atomic E-state index is -0.302. The first-order chi connectivity index (χ1) is 13.8. The van der Waals surface area contributed by atoms with Gasteiger partial charge >= 0.3 is 0 Å². The van der Waals surface area contributed by atoms with Crippen LogP contribution >= 0.6 is 0 Å². The molecular weight excluding hydrogens is 352 g/mol. The summed E-state index contributed by atoms with van der Waals surface area (Å²) in [4.78, 5) is 4.01. The summed E-state index contributed by atoms with van der Waals surface area (Å²) in [7, 11) is 0. The van der Waals surface area contributed by atoms with Crippen LogP contribution in [-0.4, -0.2) is 32.0 Å². The van der Waals surface area contributed by atoms with E-state index in [1.165, 1.54) is 5.56 Å². The second-order valence-electron chi connectivity index (χ2n) is 7.41. The molecule has 2 heterocycles. The highest BCUT2D eigenvalue weighted by molar-refractivity contribution is 5.27. The largest absolute Gasteiger partial charge is 0.489 e. The molecule has 2 N–H and O–H groups in total. The molecule has 1 saturated carbocycles. The molecule has 2 aromatic heterocycles. The van der Waals surface area contributed by atoms with Crippen LogP contribution in [0.4, 0.5) is 0 Å². The SMILES string of the molecule is O[C@@H]1CC(Cn2cccn2)C[C@H]1NCc1ccc(OCc2ccncc2)cc1. The summed E-state index contributed by atoms with van der Waals surface area (Å²) >= 11 is 0. The molecule has 1 aromatic carbocycles. The number of aliphatic hydroxyl groups is 1. The van der Waals surface area contributed by atoms with Gasteiger partial charge in [-0.05, 0) is 60.2 Å². The van der Waals surface area contributed by atoms with Crippen LogP contribution in [-0.2, 0) is 19.7 Å². The number of aliphatic hydroxyl groups excluding tert-OH is 1. The van der Waals surface area contributed by atoms with Gasteiger partial charge in [0.05, 0.1) is 6.10 Å². The lowest BCUT2D eigenvalue weighted by Crippen LogP contribution is -2.35. The molecule has 0 bridgehead atoms. The number of benzene rings is 1. The summed E-state index contributed by atoms with van der Waals surface area (Å²) in [5.74, 6) is 1.30. The van der Waals surface area contributed by atoms with Crippen molar-refractivity contribution in [3.8, 4) is 5.75 Å². The van der Waals surface area contributed by atoms with Crippen LogP contribution < -0.4 is 10.1 Å². The van der Waals surface area contributed by atoms with Crippen LogP contribution in [0.15, 0.2) is 67.3 Å². The third kappa shape index (κ3) is 4.97. The molecule has 3 atom stereocenters. The van der Waals surface area contributed by atoms with Gasteiger partial charge in [-0.2, -0.15) is 5.10 Å². The van der Waals surface area contributed by atoms with E-state index in [2.05, 4.69) is 27.5 Å². The lowest BCUT2D eigenvalue weighted by Gasteiger charge is -2.16. The smallest absolute Gasteiger partial charge is 0.119 e. The summed E-state index contributed by atoms with van der Waals surface area (Å²) in [6, 6.07) is 14.1. The van der Waals surface area contributed by atoms with Crippen LogP contribution in [0.1, 0.15) is 24.0 Å². The van der Waals surface area contributed by atoms with Gasteiger partial charge in [-0.3, -0.25) is 9.67 Å². The van der Waals surface area contributed by atoms with Crippen molar-refractivity contribution in [3.63, 3.8) is 0 Å². The number of nitrogens with one attached hydrogen (secondary N) is 1. The fraction of sp³-hybridized carbons (Fsp3) is 0.364.